The first-order valence-electron chi connectivity index (χ1n) is 15.2. The number of anilines is 1. The number of carboxylic acid groups (broad SMARTS) is 1. The molecule has 0 bridgehead atoms. The quantitative estimate of drug-likeness (QED) is 0.266. The second-order valence-electron chi connectivity index (χ2n) is 12.3. The van der Waals surface area contributed by atoms with Crippen molar-refractivity contribution in [3.05, 3.63) is 82.1 Å². The Morgan fingerprint density at radius 2 is 1.89 bits per heavy atom. The molecule has 1 saturated carbocycles. The second kappa shape index (κ2) is 10.6. The highest BCUT2D eigenvalue weighted by atomic mass is 35.5. The lowest BCUT2D eigenvalue weighted by molar-refractivity contribution is -0.0706. The zero-order valence-electron chi connectivity index (χ0n) is 24.5. The van der Waals surface area contributed by atoms with E-state index in [1.807, 2.05) is 22.8 Å². The number of aromatic carboxylic acids is 1. The van der Waals surface area contributed by atoms with Crippen molar-refractivity contribution in [2.45, 2.75) is 63.3 Å². The van der Waals surface area contributed by atoms with Gasteiger partial charge in [0.2, 0.25) is 0 Å². The van der Waals surface area contributed by atoms with Gasteiger partial charge < -0.3 is 28.8 Å². The van der Waals surface area contributed by atoms with Gasteiger partial charge in [0.1, 0.15) is 17.2 Å². The largest absolute Gasteiger partial charge is 0.478 e. The minimum absolute atomic E-state index is 0.0135. The average molecular weight is 637 g/mol. The molecule has 9 nitrogen and oxygen atoms in total. The van der Waals surface area contributed by atoms with E-state index in [0.717, 1.165) is 37.6 Å². The summed E-state index contributed by atoms with van der Waals surface area (Å²) >= 11 is 5.99. The van der Waals surface area contributed by atoms with Crippen molar-refractivity contribution in [2.75, 3.05) is 24.6 Å². The van der Waals surface area contributed by atoms with E-state index < -0.39 is 23.4 Å². The zero-order chi connectivity index (χ0) is 31.0. The molecule has 3 aromatic carbocycles. The number of aromatic nitrogens is 2. The highest BCUT2D eigenvalue weighted by molar-refractivity contribution is 6.30. The van der Waals surface area contributed by atoms with Gasteiger partial charge in [-0.3, -0.25) is 4.90 Å². The lowest BCUT2D eigenvalue weighted by Gasteiger charge is -2.54. The number of imidazole rings is 1. The van der Waals surface area contributed by atoms with E-state index in [4.69, 9.17) is 30.8 Å². The Kier molecular flexibility index (Phi) is 6.70. The Labute approximate surface area is 262 Å². The highest BCUT2D eigenvalue weighted by Crippen LogP contribution is 2.51. The third-order valence-electron chi connectivity index (χ3n) is 9.65. The topological polar surface area (TPSA) is 89.3 Å². The van der Waals surface area contributed by atoms with Crippen LogP contribution in [0.5, 0.6) is 11.5 Å². The van der Waals surface area contributed by atoms with Crippen LogP contribution in [0.2, 0.25) is 5.02 Å². The number of halogens is 3. The molecular formula is C33H31ClF2N4O5. The molecule has 0 radical (unpaired) electrons. The van der Waals surface area contributed by atoms with E-state index in [-0.39, 0.29) is 34.8 Å². The lowest BCUT2D eigenvalue weighted by atomic mass is 9.81. The van der Waals surface area contributed by atoms with E-state index in [0.29, 0.717) is 54.1 Å². The van der Waals surface area contributed by atoms with Crippen LogP contribution in [0.3, 0.4) is 0 Å². The van der Waals surface area contributed by atoms with Crippen molar-refractivity contribution < 1.29 is 32.9 Å². The van der Waals surface area contributed by atoms with Crippen LogP contribution < -0.4 is 14.4 Å². The summed E-state index contributed by atoms with van der Waals surface area (Å²) in [5.41, 5.74) is 1.71. The van der Waals surface area contributed by atoms with Crippen molar-refractivity contribution in [3.63, 3.8) is 0 Å². The van der Waals surface area contributed by atoms with Gasteiger partial charge in [0.05, 0.1) is 41.5 Å². The van der Waals surface area contributed by atoms with E-state index in [1.165, 1.54) is 12.1 Å². The summed E-state index contributed by atoms with van der Waals surface area (Å²) in [6.45, 7) is 4.80. The number of nitrogens with zero attached hydrogens (tertiary/aromatic N) is 4. The summed E-state index contributed by atoms with van der Waals surface area (Å²) in [6.07, 6.45) is 2.85. The third kappa shape index (κ3) is 4.71. The molecule has 3 aliphatic heterocycles. The summed E-state index contributed by atoms with van der Waals surface area (Å²) in [5, 5.41) is 9.85. The molecule has 1 N–H and O–H groups in total. The van der Waals surface area contributed by atoms with Crippen molar-refractivity contribution in [1.82, 2.24) is 14.5 Å². The number of hydrogen-bond acceptors (Lipinski definition) is 7. The van der Waals surface area contributed by atoms with Gasteiger partial charge in [-0.15, -0.1) is 0 Å². The fourth-order valence-corrected chi connectivity index (χ4v) is 7.27. The molecular weight excluding hydrogens is 606 g/mol. The van der Waals surface area contributed by atoms with Crippen LogP contribution in [-0.2, 0) is 23.6 Å². The van der Waals surface area contributed by atoms with Gasteiger partial charge in [-0.05, 0) is 61.7 Å². The van der Waals surface area contributed by atoms with Gasteiger partial charge in [-0.1, -0.05) is 17.7 Å². The Bertz CT molecular complexity index is 1850. The molecule has 0 unspecified atom stereocenters. The molecule has 8 rings (SSSR count). The molecule has 4 aliphatic rings. The van der Waals surface area contributed by atoms with E-state index in [9.17, 15) is 14.3 Å². The Morgan fingerprint density at radius 3 is 2.60 bits per heavy atom. The maximum absolute atomic E-state index is 15.1. The maximum Gasteiger partial charge on any atom is 0.335 e. The fourth-order valence-electron chi connectivity index (χ4n) is 7.12. The molecule has 3 fully saturated rings. The molecule has 2 saturated heterocycles. The number of hydrogen-bond donors (Lipinski definition) is 1. The number of carbonyl (C=O) groups is 1. The second-order valence-corrected chi connectivity index (χ2v) is 12.7. The van der Waals surface area contributed by atoms with Crippen molar-refractivity contribution in [1.29, 1.82) is 0 Å². The number of fused-ring (bicyclic) bond motifs is 3. The molecule has 234 valence electrons. The van der Waals surface area contributed by atoms with Crippen molar-refractivity contribution >= 4 is 34.3 Å². The van der Waals surface area contributed by atoms with Gasteiger partial charge in [0.25, 0.3) is 5.79 Å². The minimum Gasteiger partial charge on any atom is -0.478 e. The van der Waals surface area contributed by atoms with Crippen LogP contribution >= 0.6 is 11.6 Å². The first-order chi connectivity index (χ1) is 21.7. The molecule has 4 aromatic rings. The van der Waals surface area contributed by atoms with Crippen LogP contribution in [0.25, 0.3) is 11.0 Å². The number of rotatable bonds is 7. The van der Waals surface area contributed by atoms with Crippen molar-refractivity contribution in [2.24, 2.45) is 0 Å². The first kappa shape index (κ1) is 28.5. The van der Waals surface area contributed by atoms with E-state index in [2.05, 4.69) is 9.80 Å². The molecule has 4 heterocycles. The van der Waals surface area contributed by atoms with Crippen LogP contribution in [0.1, 0.15) is 47.9 Å². The summed E-state index contributed by atoms with van der Waals surface area (Å²) in [7, 11) is 0. The zero-order valence-corrected chi connectivity index (χ0v) is 25.3. The molecule has 1 aliphatic carbocycles. The number of ether oxygens (including phenoxy) is 3. The van der Waals surface area contributed by atoms with Gasteiger partial charge in [0.15, 0.2) is 17.3 Å². The van der Waals surface area contributed by atoms with Crippen LogP contribution in [0.15, 0.2) is 48.5 Å². The molecule has 1 aromatic heterocycles. The van der Waals surface area contributed by atoms with Gasteiger partial charge in [-0.2, -0.15) is 0 Å². The molecule has 12 heteroatoms. The van der Waals surface area contributed by atoms with Crippen molar-refractivity contribution in [3.8, 4) is 11.5 Å². The Morgan fingerprint density at radius 1 is 1.07 bits per heavy atom. The fraction of sp³-hybridized carbons (Fsp3) is 0.394. The van der Waals surface area contributed by atoms with Crippen LogP contribution in [-0.4, -0.2) is 63.4 Å². The highest BCUT2D eigenvalue weighted by Gasteiger charge is 2.47. The van der Waals surface area contributed by atoms with E-state index in [1.54, 1.807) is 19.1 Å². The number of benzene rings is 3. The van der Waals surface area contributed by atoms with Gasteiger partial charge in [0, 0.05) is 43.7 Å². The SMILES string of the molecule is C[C@]1(c2ccc(Cl)cc2F)Oc2cccc(N3CCN(Cc4nc5c(F)cc(C(=O)O)cc5n4C[C@@H]4CCO4)[C@H]4CC[C@H]43)c2O1. The maximum atomic E-state index is 15.1. The first-order valence-corrected chi connectivity index (χ1v) is 15.6. The Balaban J connectivity index is 1.06. The molecule has 45 heavy (non-hydrogen) atoms. The van der Waals surface area contributed by atoms with Crippen LogP contribution in [0, 0.1) is 11.6 Å². The van der Waals surface area contributed by atoms with Gasteiger partial charge >= 0.3 is 5.97 Å². The molecule has 0 amide bonds. The smallest absolute Gasteiger partial charge is 0.335 e. The predicted molar refractivity (Wildman–Crippen MR) is 162 cm³/mol. The monoisotopic (exact) mass is 636 g/mol. The summed E-state index contributed by atoms with van der Waals surface area (Å²) in [4.78, 5) is 21.1. The molecule has 4 atom stereocenters. The molecule has 0 spiro atoms. The van der Waals surface area contributed by atoms with Gasteiger partial charge in [-0.25, -0.2) is 18.6 Å². The minimum atomic E-state index is -1.34. The third-order valence-corrected chi connectivity index (χ3v) is 9.88. The summed E-state index contributed by atoms with van der Waals surface area (Å²) in [5.74, 6) is -1.83. The van der Waals surface area contributed by atoms with Crippen LogP contribution in [0.4, 0.5) is 14.5 Å². The standard InChI is InChI=1S/C33H31ClF2N4O5/c1-33(21-6-5-19(34)15-22(21)35)44-28-4-2-3-26(31(28)45-33)39-11-10-38(24-7-8-25(24)39)17-29-37-30-23(36)13-18(32(41)42)14-27(30)40(29)16-20-9-12-43-20/h2-6,13-15,20,24-25H,7-12,16-17H2,1H3,(H,41,42)/t20-,24-,25+,33-/m0/s1. The summed E-state index contributed by atoms with van der Waals surface area (Å²) < 4.78 is 50.2. The number of piperazine rings is 1. The summed E-state index contributed by atoms with van der Waals surface area (Å²) in [6, 6.07) is 13.2. The van der Waals surface area contributed by atoms with E-state index >= 15 is 4.39 Å². The lowest BCUT2D eigenvalue weighted by Crippen LogP contribution is -2.64. The Hall–Kier alpha value is -3.93. The predicted octanol–water partition coefficient (Wildman–Crippen LogP) is 5.95. The average Bonchev–Trinajstić information content (AvgIpc) is 3.48. The number of para-hydroxylation sites is 1. The normalized spacial score (nSPS) is 25.6. The number of carboxylic acids is 1.